The first kappa shape index (κ1) is 17.8. The molecule has 5 nitrogen and oxygen atoms in total. The second-order valence-electron chi connectivity index (χ2n) is 7.04. The van der Waals surface area contributed by atoms with Crippen molar-refractivity contribution in [2.24, 2.45) is 0 Å². The second kappa shape index (κ2) is 7.19. The van der Waals surface area contributed by atoms with Gasteiger partial charge in [0, 0.05) is 16.9 Å². The van der Waals surface area contributed by atoms with Crippen LogP contribution in [0.5, 0.6) is 0 Å². The van der Waals surface area contributed by atoms with Crippen LogP contribution in [0.4, 0.5) is 17.3 Å². The quantitative estimate of drug-likeness (QED) is 0.445. The molecule has 0 saturated carbocycles. The summed E-state index contributed by atoms with van der Waals surface area (Å²) in [7, 11) is 0. The van der Waals surface area contributed by atoms with Crippen molar-refractivity contribution in [3.8, 4) is 0 Å². The first-order chi connectivity index (χ1) is 13.5. The number of amides is 1. The molecule has 1 heterocycles. The van der Waals surface area contributed by atoms with Crippen LogP contribution in [0.3, 0.4) is 0 Å². The van der Waals surface area contributed by atoms with Gasteiger partial charge in [0.1, 0.15) is 0 Å². The van der Waals surface area contributed by atoms with E-state index in [9.17, 15) is 4.79 Å². The van der Waals surface area contributed by atoms with E-state index in [2.05, 4.69) is 53.5 Å². The Labute approximate surface area is 163 Å². The van der Waals surface area contributed by atoms with Crippen molar-refractivity contribution in [1.82, 2.24) is 9.97 Å². The van der Waals surface area contributed by atoms with Gasteiger partial charge in [-0.15, -0.1) is 0 Å². The van der Waals surface area contributed by atoms with Gasteiger partial charge in [-0.1, -0.05) is 35.9 Å². The fourth-order valence-corrected chi connectivity index (χ4v) is 3.43. The Kier molecular flexibility index (Phi) is 4.57. The van der Waals surface area contributed by atoms with E-state index in [0.717, 1.165) is 22.4 Å². The Morgan fingerprint density at radius 1 is 0.929 bits per heavy atom. The lowest BCUT2D eigenvalue weighted by Gasteiger charge is -2.11. The number of rotatable bonds is 4. The van der Waals surface area contributed by atoms with Crippen molar-refractivity contribution in [3.63, 3.8) is 0 Å². The van der Waals surface area contributed by atoms with Crippen molar-refractivity contribution in [3.05, 3.63) is 82.9 Å². The molecule has 0 atom stereocenters. The summed E-state index contributed by atoms with van der Waals surface area (Å²) in [5, 5.41) is 6.32. The molecule has 3 N–H and O–H groups in total. The van der Waals surface area contributed by atoms with E-state index in [0.29, 0.717) is 11.5 Å². The SMILES string of the molecule is Cc1cc(C)c(Nc2nc3ccc(NC(=O)c4ccccc4)cc3[nH]2)c(C)c1. The maximum absolute atomic E-state index is 12.3. The second-order valence-corrected chi connectivity index (χ2v) is 7.04. The van der Waals surface area contributed by atoms with Crippen LogP contribution in [0.1, 0.15) is 27.0 Å². The zero-order valence-electron chi connectivity index (χ0n) is 16.1. The predicted molar refractivity (Wildman–Crippen MR) is 114 cm³/mol. The van der Waals surface area contributed by atoms with E-state index in [-0.39, 0.29) is 5.91 Å². The van der Waals surface area contributed by atoms with Gasteiger partial charge in [-0.25, -0.2) is 4.98 Å². The number of aromatic nitrogens is 2. The highest BCUT2D eigenvalue weighted by Gasteiger charge is 2.10. The third-order valence-corrected chi connectivity index (χ3v) is 4.70. The number of H-pyrrole nitrogens is 1. The van der Waals surface area contributed by atoms with E-state index in [1.54, 1.807) is 12.1 Å². The number of benzene rings is 3. The summed E-state index contributed by atoms with van der Waals surface area (Å²) in [6, 6.07) is 19.1. The van der Waals surface area contributed by atoms with Crippen molar-refractivity contribution in [2.75, 3.05) is 10.6 Å². The summed E-state index contributed by atoms with van der Waals surface area (Å²) >= 11 is 0. The maximum Gasteiger partial charge on any atom is 0.255 e. The van der Waals surface area contributed by atoms with E-state index in [1.807, 2.05) is 36.4 Å². The molecular formula is C23H22N4O. The summed E-state index contributed by atoms with van der Waals surface area (Å²) in [5.41, 5.74) is 7.69. The van der Waals surface area contributed by atoms with Crippen molar-refractivity contribution in [2.45, 2.75) is 20.8 Å². The van der Waals surface area contributed by atoms with E-state index >= 15 is 0 Å². The molecule has 0 unspecified atom stereocenters. The fraction of sp³-hybridized carbons (Fsp3) is 0.130. The average molecular weight is 370 g/mol. The summed E-state index contributed by atoms with van der Waals surface area (Å²) in [4.78, 5) is 20.3. The van der Waals surface area contributed by atoms with E-state index in [4.69, 9.17) is 0 Å². The molecule has 0 saturated heterocycles. The highest BCUT2D eigenvalue weighted by atomic mass is 16.1. The van der Waals surface area contributed by atoms with Crippen LogP contribution in [0.2, 0.25) is 0 Å². The van der Waals surface area contributed by atoms with Gasteiger partial charge in [-0.2, -0.15) is 0 Å². The molecule has 0 fully saturated rings. The smallest absolute Gasteiger partial charge is 0.255 e. The van der Waals surface area contributed by atoms with Gasteiger partial charge in [0.2, 0.25) is 5.95 Å². The lowest BCUT2D eigenvalue weighted by Crippen LogP contribution is -2.11. The zero-order valence-corrected chi connectivity index (χ0v) is 16.1. The number of imidazole rings is 1. The van der Waals surface area contributed by atoms with Crippen molar-refractivity contribution >= 4 is 34.3 Å². The Bertz CT molecular complexity index is 1140. The lowest BCUT2D eigenvalue weighted by atomic mass is 10.1. The number of aromatic amines is 1. The molecule has 0 radical (unpaired) electrons. The highest BCUT2D eigenvalue weighted by Crippen LogP contribution is 2.26. The highest BCUT2D eigenvalue weighted by molar-refractivity contribution is 6.05. The summed E-state index contributed by atoms with van der Waals surface area (Å²) in [6.45, 7) is 6.26. The van der Waals surface area contributed by atoms with Gasteiger partial charge in [0.25, 0.3) is 5.91 Å². The van der Waals surface area contributed by atoms with Crippen LogP contribution in [0.15, 0.2) is 60.7 Å². The molecule has 28 heavy (non-hydrogen) atoms. The predicted octanol–water partition coefficient (Wildman–Crippen LogP) is 5.48. The number of nitrogens with zero attached hydrogens (tertiary/aromatic N) is 1. The zero-order chi connectivity index (χ0) is 19.7. The Balaban J connectivity index is 1.58. The lowest BCUT2D eigenvalue weighted by molar-refractivity contribution is 0.102. The minimum Gasteiger partial charge on any atom is -0.325 e. The third kappa shape index (κ3) is 3.60. The molecule has 1 aromatic heterocycles. The van der Waals surface area contributed by atoms with Gasteiger partial charge < -0.3 is 15.6 Å². The molecular weight excluding hydrogens is 348 g/mol. The number of fused-ring (bicyclic) bond motifs is 1. The number of hydrogen-bond acceptors (Lipinski definition) is 3. The summed E-state index contributed by atoms with van der Waals surface area (Å²) in [6.07, 6.45) is 0. The van der Waals surface area contributed by atoms with Crippen LogP contribution in [-0.2, 0) is 0 Å². The molecule has 4 aromatic rings. The minimum absolute atomic E-state index is 0.135. The van der Waals surface area contributed by atoms with Gasteiger partial charge >= 0.3 is 0 Å². The van der Waals surface area contributed by atoms with Crippen molar-refractivity contribution < 1.29 is 4.79 Å². The Morgan fingerprint density at radius 2 is 1.64 bits per heavy atom. The molecule has 0 aliphatic heterocycles. The van der Waals surface area contributed by atoms with Gasteiger partial charge in [-0.3, -0.25) is 4.79 Å². The largest absolute Gasteiger partial charge is 0.325 e. The molecule has 3 aromatic carbocycles. The van der Waals surface area contributed by atoms with E-state index < -0.39 is 0 Å². The van der Waals surface area contributed by atoms with Crippen molar-refractivity contribution in [1.29, 1.82) is 0 Å². The van der Waals surface area contributed by atoms with Crippen LogP contribution in [0.25, 0.3) is 11.0 Å². The molecule has 5 heteroatoms. The van der Waals surface area contributed by atoms with Gasteiger partial charge in [-0.05, 0) is 62.2 Å². The average Bonchev–Trinajstić information content (AvgIpc) is 3.07. The van der Waals surface area contributed by atoms with Crippen LogP contribution in [0, 0.1) is 20.8 Å². The van der Waals surface area contributed by atoms with Gasteiger partial charge in [0.15, 0.2) is 0 Å². The number of anilines is 3. The first-order valence-electron chi connectivity index (χ1n) is 9.20. The summed E-state index contributed by atoms with van der Waals surface area (Å²) < 4.78 is 0. The molecule has 0 spiro atoms. The molecule has 140 valence electrons. The van der Waals surface area contributed by atoms with Gasteiger partial charge in [0.05, 0.1) is 11.0 Å². The Hall–Kier alpha value is -3.60. The number of carbonyl (C=O) groups excluding carboxylic acids is 1. The first-order valence-corrected chi connectivity index (χ1v) is 9.20. The molecule has 1 amide bonds. The monoisotopic (exact) mass is 370 g/mol. The van der Waals surface area contributed by atoms with Crippen LogP contribution < -0.4 is 10.6 Å². The number of carbonyl (C=O) groups is 1. The normalized spacial score (nSPS) is 10.8. The molecule has 0 aliphatic carbocycles. The Morgan fingerprint density at radius 3 is 2.36 bits per heavy atom. The topological polar surface area (TPSA) is 69.8 Å². The molecule has 0 aliphatic rings. The summed E-state index contributed by atoms with van der Waals surface area (Å²) in [5.74, 6) is 0.542. The number of hydrogen-bond donors (Lipinski definition) is 3. The van der Waals surface area contributed by atoms with Crippen LogP contribution in [-0.4, -0.2) is 15.9 Å². The maximum atomic E-state index is 12.3. The third-order valence-electron chi connectivity index (χ3n) is 4.70. The minimum atomic E-state index is -0.135. The fourth-order valence-electron chi connectivity index (χ4n) is 3.43. The van der Waals surface area contributed by atoms with E-state index in [1.165, 1.54) is 16.7 Å². The molecule has 0 bridgehead atoms. The van der Waals surface area contributed by atoms with Crippen LogP contribution >= 0.6 is 0 Å². The number of aryl methyl sites for hydroxylation is 3. The standard InChI is InChI=1S/C23H22N4O/c1-14-11-15(2)21(16(3)12-14)27-23-25-19-10-9-18(13-20(19)26-23)24-22(28)17-7-5-4-6-8-17/h4-13H,1-3H3,(H,24,28)(H2,25,26,27). The number of nitrogens with one attached hydrogen (secondary N) is 3. The molecule has 4 rings (SSSR count).